The molecule has 3 heterocycles. The number of nitrogens with two attached hydrogens (primary N) is 1. The van der Waals surface area contributed by atoms with Gasteiger partial charge in [-0.2, -0.15) is 4.98 Å². The first-order chi connectivity index (χ1) is 15.1. The van der Waals surface area contributed by atoms with Gasteiger partial charge in [0.1, 0.15) is 5.82 Å². The molecule has 1 fully saturated rings. The molecule has 2 aliphatic heterocycles. The number of aromatic nitrogens is 2. The quantitative estimate of drug-likeness (QED) is 0.645. The van der Waals surface area contributed by atoms with E-state index in [2.05, 4.69) is 9.88 Å². The normalized spacial score (nSPS) is 16.1. The third-order valence-electron chi connectivity index (χ3n) is 6.26. The topological polar surface area (TPSA) is 93.8 Å². The second-order valence-electron chi connectivity index (χ2n) is 7.94. The number of nitrogen functional groups attached to an aromatic ring is 1. The van der Waals surface area contributed by atoms with E-state index in [0.717, 1.165) is 42.4 Å². The highest BCUT2D eigenvalue weighted by Gasteiger charge is 2.34. The highest BCUT2D eigenvalue weighted by molar-refractivity contribution is 5.98. The second kappa shape index (κ2) is 8.70. The van der Waals surface area contributed by atoms with Crippen LogP contribution in [0, 0.1) is 0 Å². The number of carbonyl (C=O) groups is 1. The second-order valence-corrected chi connectivity index (χ2v) is 7.94. The standard InChI is InChI=1S/C23H25N5O3.ClH/c1-30-19-11-17-18(12-20(19)31-2)25-23(26-21(17)24)27-9-7-15(8-10-27)28-13-14-5-3-4-6-16(14)22(28)29;/h3-6,11-12,15H,7-10,13H2,1-2H3,(H2,24,25,26);1H. The van der Waals surface area contributed by atoms with E-state index in [1.165, 1.54) is 0 Å². The van der Waals surface area contributed by atoms with Crippen LogP contribution in [0.2, 0.25) is 0 Å². The molecule has 2 N–H and O–H groups in total. The Kier molecular flexibility index (Phi) is 5.97. The van der Waals surface area contributed by atoms with Crippen molar-refractivity contribution in [1.29, 1.82) is 0 Å². The van der Waals surface area contributed by atoms with Gasteiger partial charge in [-0.3, -0.25) is 4.79 Å². The molecule has 0 atom stereocenters. The molecule has 1 saturated heterocycles. The van der Waals surface area contributed by atoms with Crippen LogP contribution in [-0.2, 0) is 6.54 Å². The lowest BCUT2D eigenvalue weighted by atomic mass is 10.0. The summed E-state index contributed by atoms with van der Waals surface area (Å²) in [6.45, 7) is 2.23. The van der Waals surface area contributed by atoms with E-state index in [4.69, 9.17) is 20.2 Å². The number of benzene rings is 2. The lowest BCUT2D eigenvalue weighted by Gasteiger charge is -2.36. The molecule has 9 heteroatoms. The van der Waals surface area contributed by atoms with Gasteiger partial charge in [0, 0.05) is 42.7 Å². The van der Waals surface area contributed by atoms with E-state index in [9.17, 15) is 4.79 Å². The maximum absolute atomic E-state index is 12.8. The van der Waals surface area contributed by atoms with E-state index in [-0.39, 0.29) is 24.4 Å². The molecule has 0 spiro atoms. The first-order valence-corrected chi connectivity index (χ1v) is 10.4. The Labute approximate surface area is 192 Å². The number of hydrogen-bond donors (Lipinski definition) is 1. The van der Waals surface area contributed by atoms with Gasteiger partial charge in [-0.25, -0.2) is 4.98 Å². The summed E-state index contributed by atoms with van der Waals surface area (Å²) in [5.74, 6) is 2.35. The fraction of sp³-hybridized carbons (Fsp3) is 0.348. The van der Waals surface area contributed by atoms with Crippen molar-refractivity contribution in [1.82, 2.24) is 14.9 Å². The van der Waals surface area contributed by atoms with Crippen molar-refractivity contribution in [3.05, 3.63) is 47.5 Å². The molecule has 168 valence electrons. The molecule has 1 aromatic heterocycles. The molecule has 8 nitrogen and oxygen atoms in total. The van der Waals surface area contributed by atoms with Gasteiger partial charge in [-0.1, -0.05) is 18.2 Å². The number of halogens is 1. The number of fused-ring (bicyclic) bond motifs is 2. The van der Waals surface area contributed by atoms with Crippen molar-refractivity contribution in [2.45, 2.75) is 25.4 Å². The van der Waals surface area contributed by atoms with Crippen LogP contribution in [0.5, 0.6) is 11.5 Å². The predicted molar refractivity (Wildman–Crippen MR) is 126 cm³/mol. The molecule has 1 amide bonds. The number of anilines is 2. The summed E-state index contributed by atoms with van der Waals surface area (Å²) in [5, 5.41) is 0.733. The number of amides is 1. The number of hydrogen-bond acceptors (Lipinski definition) is 7. The van der Waals surface area contributed by atoms with E-state index in [1.54, 1.807) is 20.3 Å². The molecular weight excluding hydrogens is 430 g/mol. The minimum absolute atomic E-state index is 0. The Morgan fingerprint density at radius 3 is 2.41 bits per heavy atom. The average Bonchev–Trinajstić information content (AvgIpc) is 3.15. The van der Waals surface area contributed by atoms with Gasteiger partial charge in [-0.15, -0.1) is 12.4 Å². The number of rotatable bonds is 4. The number of methoxy groups -OCH3 is 2. The molecule has 0 radical (unpaired) electrons. The fourth-order valence-electron chi connectivity index (χ4n) is 4.56. The Bertz CT molecular complexity index is 1160. The van der Waals surface area contributed by atoms with Crippen LogP contribution in [0.1, 0.15) is 28.8 Å². The number of piperidine rings is 1. The summed E-state index contributed by atoms with van der Waals surface area (Å²) in [5.41, 5.74) is 8.91. The maximum atomic E-state index is 12.8. The van der Waals surface area contributed by atoms with Crippen LogP contribution in [0.3, 0.4) is 0 Å². The summed E-state index contributed by atoms with van der Waals surface area (Å²) in [6, 6.07) is 11.7. The summed E-state index contributed by atoms with van der Waals surface area (Å²) >= 11 is 0. The molecule has 0 aliphatic carbocycles. The van der Waals surface area contributed by atoms with Crippen molar-refractivity contribution < 1.29 is 14.3 Å². The molecule has 0 bridgehead atoms. The average molecular weight is 456 g/mol. The van der Waals surface area contributed by atoms with Crippen molar-refractivity contribution in [3.63, 3.8) is 0 Å². The van der Waals surface area contributed by atoms with Crippen LogP contribution in [0.15, 0.2) is 36.4 Å². The lowest BCUT2D eigenvalue weighted by molar-refractivity contribution is 0.0675. The van der Waals surface area contributed by atoms with Crippen LogP contribution in [0.4, 0.5) is 11.8 Å². The highest BCUT2D eigenvalue weighted by atomic mass is 35.5. The van der Waals surface area contributed by atoms with E-state index < -0.39 is 0 Å². The van der Waals surface area contributed by atoms with Crippen LogP contribution >= 0.6 is 12.4 Å². The first kappa shape index (κ1) is 22.0. The number of carbonyl (C=O) groups excluding carboxylic acids is 1. The minimum Gasteiger partial charge on any atom is -0.493 e. The SMILES string of the molecule is COc1cc2nc(N3CCC(N4Cc5ccccc5C4=O)CC3)nc(N)c2cc1OC.Cl. The highest BCUT2D eigenvalue weighted by Crippen LogP contribution is 2.35. The molecule has 32 heavy (non-hydrogen) atoms. The molecule has 2 aliphatic rings. The van der Waals surface area contributed by atoms with E-state index in [0.29, 0.717) is 35.3 Å². The number of nitrogens with zero attached hydrogens (tertiary/aromatic N) is 4. The molecule has 0 unspecified atom stereocenters. The Morgan fingerprint density at radius 2 is 1.72 bits per heavy atom. The molecule has 5 rings (SSSR count). The lowest BCUT2D eigenvalue weighted by Crippen LogP contribution is -2.45. The maximum Gasteiger partial charge on any atom is 0.254 e. The molecule has 3 aromatic rings. The number of ether oxygens (including phenoxy) is 2. The third-order valence-corrected chi connectivity index (χ3v) is 6.26. The summed E-state index contributed by atoms with van der Waals surface area (Å²) < 4.78 is 10.8. The zero-order valence-electron chi connectivity index (χ0n) is 18.1. The smallest absolute Gasteiger partial charge is 0.254 e. The predicted octanol–water partition coefficient (Wildman–Crippen LogP) is 3.28. The Morgan fingerprint density at radius 1 is 1.03 bits per heavy atom. The van der Waals surface area contributed by atoms with Gasteiger partial charge in [-0.05, 0) is 30.5 Å². The summed E-state index contributed by atoms with van der Waals surface area (Å²) in [7, 11) is 3.18. The van der Waals surface area contributed by atoms with Crippen molar-refractivity contribution >= 4 is 41.0 Å². The zero-order valence-corrected chi connectivity index (χ0v) is 18.9. The van der Waals surface area contributed by atoms with Crippen molar-refractivity contribution in [3.8, 4) is 11.5 Å². The minimum atomic E-state index is 0. The van der Waals surface area contributed by atoms with Crippen molar-refractivity contribution in [2.24, 2.45) is 0 Å². The van der Waals surface area contributed by atoms with Gasteiger partial charge in [0.25, 0.3) is 5.91 Å². The largest absolute Gasteiger partial charge is 0.493 e. The molecule has 0 saturated carbocycles. The van der Waals surface area contributed by atoms with Gasteiger partial charge in [0.2, 0.25) is 5.95 Å². The summed E-state index contributed by atoms with van der Waals surface area (Å²) in [6.07, 6.45) is 1.74. The van der Waals surface area contributed by atoms with Crippen LogP contribution < -0.4 is 20.1 Å². The van der Waals surface area contributed by atoms with Gasteiger partial charge < -0.3 is 25.0 Å². The van der Waals surface area contributed by atoms with E-state index in [1.807, 2.05) is 35.2 Å². The van der Waals surface area contributed by atoms with Crippen LogP contribution in [0.25, 0.3) is 10.9 Å². The first-order valence-electron chi connectivity index (χ1n) is 10.4. The van der Waals surface area contributed by atoms with E-state index >= 15 is 0 Å². The molecular formula is C23H26ClN5O3. The monoisotopic (exact) mass is 455 g/mol. The third kappa shape index (κ3) is 3.64. The fourth-order valence-corrected chi connectivity index (χ4v) is 4.56. The summed E-state index contributed by atoms with van der Waals surface area (Å²) in [4.78, 5) is 26.2. The van der Waals surface area contributed by atoms with Gasteiger partial charge in [0.05, 0.1) is 19.7 Å². The molecule has 2 aromatic carbocycles. The Balaban J connectivity index is 0.00000245. The zero-order chi connectivity index (χ0) is 21.5. The Hall–Kier alpha value is -3.26. The van der Waals surface area contributed by atoms with Crippen molar-refractivity contribution in [2.75, 3.05) is 37.9 Å². The van der Waals surface area contributed by atoms with Gasteiger partial charge in [0.15, 0.2) is 11.5 Å². The van der Waals surface area contributed by atoms with Crippen LogP contribution in [-0.4, -0.2) is 54.1 Å². The van der Waals surface area contributed by atoms with Gasteiger partial charge >= 0.3 is 0 Å².